The Morgan fingerprint density at radius 2 is 2.31 bits per heavy atom. The molecule has 16 heavy (non-hydrogen) atoms. The molecule has 1 aliphatic rings. The van der Waals surface area contributed by atoms with Gasteiger partial charge in [-0.05, 0) is 18.4 Å². The Hall–Kier alpha value is -1.27. The number of nitriles is 1. The maximum atomic E-state index is 8.76. The van der Waals surface area contributed by atoms with Gasteiger partial charge in [-0.15, -0.1) is 0 Å². The zero-order valence-electron chi connectivity index (χ0n) is 8.95. The van der Waals surface area contributed by atoms with Crippen molar-refractivity contribution >= 4 is 11.6 Å². The van der Waals surface area contributed by atoms with Gasteiger partial charge in [0.2, 0.25) is 5.88 Å². The van der Waals surface area contributed by atoms with E-state index in [1.54, 1.807) is 6.07 Å². The van der Waals surface area contributed by atoms with Crippen LogP contribution in [0.15, 0.2) is 12.1 Å². The lowest BCUT2D eigenvalue weighted by Crippen LogP contribution is -2.14. The molecule has 84 valence electrons. The van der Waals surface area contributed by atoms with Crippen LogP contribution < -0.4 is 4.74 Å². The maximum absolute atomic E-state index is 8.76. The van der Waals surface area contributed by atoms with Gasteiger partial charge in [0.15, 0.2) is 0 Å². The van der Waals surface area contributed by atoms with Gasteiger partial charge >= 0.3 is 0 Å². The molecule has 0 saturated heterocycles. The summed E-state index contributed by atoms with van der Waals surface area (Å²) in [6, 6.07) is 5.17. The molecule has 0 radical (unpaired) electrons. The third-order valence-corrected chi connectivity index (χ3v) is 3.09. The molecule has 0 unspecified atom stereocenters. The van der Waals surface area contributed by atoms with E-state index < -0.39 is 0 Å². The van der Waals surface area contributed by atoms with Gasteiger partial charge in [0.1, 0.15) is 5.15 Å². The van der Waals surface area contributed by atoms with Crippen LogP contribution in [-0.2, 0) is 0 Å². The predicted molar refractivity (Wildman–Crippen MR) is 61.4 cm³/mol. The standard InChI is InChI=1S/C12H13ClN2O/c13-11-6-10(8-14)7-12(15-11)16-5-4-9-2-1-3-9/h6-7,9H,1-5H2. The van der Waals surface area contributed by atoms with Crippen molar-refractivity contribution in [2.75, 3.05) is 6.61 Å². The fourth-order valence-corrected chi connectivity index (χ4v) is 1.92. The highest BCUT2D eigenvalue weighted by molar-refractivity contribution is 6.29. The number of aromatic nitrogens is 1. The third kappa shape index (κ3) is 2.86. The summed E-state index contributed by atoms with van der Waals surface area (Å²) in [5, 5.41) is 9.06. The molecule has 0 bridgehead atoms. The van der Waals surface area contributed by atoms with Crippen LogP contribution in [0, 0.1) is 17.2 Å². The van der Waals surface area contributed by atoms with Crippen LogP contribution in [0.2, 0.25) is 5.15 Å². The van der Waals surface area contributed by atoms with E-state index in [9.17, 15) is 0 Å². The van der Waals surface area contributed by atoms with Crippen molar-refractivity contribution in [1.29, 1.82) is 5.26 Å². The highest BCUT2D eigenvalue weighted by Gasteiger charge is 2.17. The Balaban J connectivity index is 1.88. The van der Waals surface area contributed by atoms with Crippen LogP contribution in [0.5, 0.6) is 5.88 Å². The van der Waals surface area contributed by atoms with Crippen LogP contribution in [-0.4, -0.2) is 11.6 Å². The van der Waals surface area contributed by atoms with Gasteiger partial charge < -0.3 is 4.74 Å². The van der Waals surface area contributed by atoms with Crippen LogP contribution in [0.3, 0.4) is 0 Å². The molecule has 2 rings (SSSR count). The fraction of sp³-hybridized carbons (Fsp3) is 0.500. The first kappa shape index (κ1) is 11.2. The second-order valence-electron chi connectivity index (χ2n) is 4.06. The number of ether oxygens (including phenoxy) is 1. The Morgan fingerprint density at radius 3 is 2.94 bits per heavy atom. The van der Waals surface area contributed by atoms with Gasteiger partial charge in [-0.25, -0.2) is 4.98 Å². The van der Waals surface area contributed by atoms with E-state index in [2.05, 4.69) is 4.98 Å². The molecule has 0 spiro atoms. The van der Waals surface area contributed by atoms with Gasteiger partial charge in [-0.2, -0.15) is 5.26 Å². The molecule has 4 heteroatoms. The SMILES string of the molecule is N#Cc1cc(Cl)nc(OCCC2CCC2)c1. The summed E-state index contributed by atoms with van der Waals surface area (Å²) >= 11 is 5.77. The topological polar surface area (TPSA) is 45.9 Å². The molecule has 0 amide bonds. The van der Waals surface area contributed by atoms with Crippen LogP contribution in [0.4, 0.5) is 0 Å². The average Bonchev–Trinajstić information content (AvgIpc) is 2.21. The third-order valence-electron chi connectivity index (χ3n) is 2.90. The number of hydrogen-bond acceptors (Lipinski definition) is 3. The molecule has 1 saturated carbocycles. The average molecular weight is 237 g/mol. The number of halogens is 1. The molecule has 0 aromatic carbocycles. The molecule has 1 heterocycles. The summed E-state index contributed by atoms with van der Waals surface area (Å²) in [6.07, 6.45) is 5.04. The largest absolute Gasteiger partial charge is 0.478 e. The highest BCUT2D eigenvalue weighted by Crippen LogP contribution is 2.29. The van der Waals surface area contributed by atoms with Crippen molar-refractivity contribution in [2.24, 2.45) is 5.92 Å². The highest BCUT2D eigenvalue weighted by atomic mass is 35.5. The fourth-order valence-electron chi connectivity index (χ4n) is 1.72. The van der Waals surface area contributed by atoms with Gasteiger partial charge in [0, 0.05) is 6.07 Å². The van der Waals surface area contributed by atoms with Crippen LogP contribution in [0.25, 0.3) is 0 Å². The molecule has 0 aliphatic heterocycles. The van der Waals surface area contributed by atoms with Gasteiger partial charge in [0.25, 0.3) is 0 Å². The molecule has 3 nitrogen and oxygen atoms in total. The second kappa shape index (κ2) is 5.18. The number of rotatable bonds is 4. The molecule has 0 N–H and O–H groups in total. The minimum atomic E-state index is 0.303. The smallest absolute Gasteiger partial charge is 0.215 e. The summed E-state index contributed by atoms with van der Waals surface area (Å²) in [7, 11) is 0. The molecule has 1 aromatic heterocycles. The minimum Gasteiger partial charge on any atom is -0.478 e. The lowest BCUT2D eigenvalue weighted by atomic mass is 9.83. The Kier molecular flexibility index (Phi) is 3.63. The second-order valence-corrected chi connectivity index (χ2v) is 4.45. The quantitative estimate of drug-likeness (QED) is 0.755. The summed E-state index contributed by atoms with van der Waals surface area (Å²) in [6.45, 7) is 0.656. The first-order chi connectivity index (χ1) is 7.78. The van der Waals surface area contributed by atoms with E-state index in [0.717, 1.165) is 12.3 Å². The molecule has 1 aliphatic carbocycles. The Labute approximate surface area is 100 Å². The van der Waals surface area contributed by atoms with E-state index in [4.69, 9.17) is 21.6 Å². The van der Waals surface area contributed by atoms with E-state index in [1.807, 2.05) is 6.07 Å². The van der Waals surface area contributed by atoms with Crippen molar-refractivity contribution in [2.45, 2.75) is 25.7 Å². The summed E-state index contributed by atoms with van der Waals surface area (Å²) < 4.78 is 5.49. The van der Waals surface area contributed by atoms with Crippen molar-refractivity contribution in [3.05, 3.63) is 22.8 Å². The minimum absolute atomic E-state index is 0.303. The first-order valence-electron chi connectivity index (χ1n) is 5.48. The van der Waals surface area contributed by atoms with Gasteiger partial charge in [-0.3, -0.25) is 0 Å². The number of hydrogen-bond donors (Lipinski definition) is 0. The summed E-state index contributed by atoms with van der Waals surface area (Å²) in [5.74, 6) is 1.26. The van der Waals surface area contributed by atoms with Crippen LogP contribution in [0.1, 0.15) is 31.2 Å². The first-order valence-corrected chi connectivity index (χ1v) is 5.86. The zero-order chi connectivity index (χ0) is 11.4. The Bertz CT molecular complexity index is 410. The summed E-state index contributed by atoms with van der Waals surface area (Å²) in [5.41, 5.74) is 0.485. The molecular formula is C12H13ClN2O. The van der Waals surface area contributed by atoms with Crippen molar-refractivity contribution in [1.82, 2.24) is 4.98 Å². The van der Waals surface area contributed by atoms with E-state index in [-0.39, 0.29) is 0 Å². The van der Waals surface area contributed by atoms with Gasteiger partial charge in [0.05, 0.1) is 18.2 Å². The van der Waals surface area contributed by atoms with Crippen molar-refractivity contribution < 1.29 is 4.74 Å². The lowest BCUT2D eigenvalue weighted by Gasteiger charge is -2.24. The number of nitrogens with zero attached hydrogens (tertiary/aromatic N) is 2. The summed E-state index contributed by atoms with van der Waals surface area (Å²) in [4.78, 5) is 4.01. The monoisotopic (exact) mass is 236 g/mol. The van der Waals surface area contributed by atoms with Crippen LogP contribution >= 0.6 is 11.6 Å². The molecule has 1 aromatic rings. The van der Waals surface area contributed by atoms with Gasteiger partial charge in [-0.1, -0.05) is 30.9 Å². The van der Waals surface area contributed by atoms with E-state index in [1.165, 1.54) is 25.3 Å². The normalized spacial score (nSPS) is 15.2. The van der Waals surface area contributed by atoms with Crippen molar-refractivity contribution in [3.8, 4) is 11.9 Å². The molecule has 1 fully saturated rings. The maximum Gasteiger partial charge on any atom is 0.215 e. The van der Waals surface area contributed by atoms with E-state index >= 15 is 0 Å². The lowest BCUT2D eigenvalue weighted by molar-refractivity contribution is 0.217. The van der Waals surface area contributed by atoms with Crippen molar-refractivity contribution in [3.63, 3.8) is 0 Å². The molecular weight excluding hydrogens is 224 g/mol. The predicted octanol–water partition coefficient (Wildman–Crippen LogP) is 3.18. The number of pyridine rings is 1. The zero-order valence-corrected chi connectivity index (χ0v) is 9.70. The Morgan fingerprint density at radius 1 is 1.50 bits per heavy atom. The van der Waals surface area contributed by atoms with E-state index in [0.29, 0.717) is 23.2 Å². The molecule has 0 atom stereocenters.